The van der Waals surface area contributed by atoms with Crippen LogP contribution in [0.2, 0.25) is 0 Å². The first kappa shape index (κ1) is 15.4. The fourth-order valence-electron chi connectivity index (χ4n) is 2.64. The fourth-order valence-corrected chi connectivity index (χ4v) is 2.64. The highest BCUT2D eigenvalue weighted by molar-refractivity contribution is 5.69. The highest BCUT2D eigenvalue weighted by Crippen LogP contribution is 2.28. The Morgan fingerprint density at radius 1 is 1.06 bits per heavy atom. The predicted octanol–water partition coefficient (Wildman–Crippen LogP) is 2.02. The summed E-state index contributed by atoms with van der Waals surface area (Å²) in [6, 6.07) is 0. The molecule has 106 valence electrons. The molecule has 0 spiro atoms. The van der Waals surface area contributed by atoms with Gasteiger partial charge >= 0.3 is 5.97 Å². The van der Waals surface area contributed by atoms with E-state index in [-0.39, 0.29) is 5.92 Å². The second kappa shape index (κ2) is 9.34. The quantitative estimate of drug-likeness (QED) is 0.553. The van der Waals surface area contributed by atoms with Gasteiger partial charge in [0.25, 0.3) is 0 Å². The number of nitrogens with one attached hydrogen (secondary N) is 1. The van der Waals surface area contributed by atoms with Crippen LogP contribution in [0.15, 0.2) is 0 Å². The van der Waals surface area contributed by atoms with Crippen LogP contribution in [-0.4, -0.2) is 35.9 Å². The van der Waals surface area contributed by atoms with Gasteiger partial charge in [0.2, 0.25) is 0 Å². The Morgan fingerprint density at radius 3 is 2.33 bits per heavy atom. The van der Waals surface area contributed by atoms with Crippen LogP contribution < -0.4 is 5.32 Å². The third kappa shape index (κ3) is 6.36. The van der Waals surface area contributed by atoms with Gasteiger partial charge in [0.15, 0.2) is 0 Å². The van der Waals surface area contributed by atoms with Gasteiger partial charge in [0.05, 0.1) is 5.92 Å². The standard InChI is InChI=1S/C14H27NO3/c16-10-4-2-1-3-9-15-11-12-5-7-13(8-6-12)14(17)18/h12-13,15-16H,1-11H2,(H,17,18). The number of aliphatic hydroxyl groups is 1. The van der Waals surface area contributed by atoms with Crippen molar-refractivity contribution in [2.45, 2.75) is 51.4 Å². The van der Waals surface area contributed by atoms with Gasteiger partial charge in [-0.1, -0.05) is 12.8 Å². The van der Waals surface area contributed by atoms with E-state index in [1.165, 1.54) is 12.8 Å². The normalized spacial score (nSPS) is 24.1. The first-order chi connectivity index (χ1) is 8.74. The molecule has 1 rings (SSSR count). The maximum Gasteiger partial charge on any atom is 0.306 e. The molecular formula is C14H27NO3. The summed E-state index contributed by atoms with van der Waals surface area (Å²) in [6.45, 7) is 2.39. The van der Waals surface area contributed by atoms with E-state index in [1.807, 2.05) is 0 Å². The number of hydrogen-bond acceptors (Lipinski definition) is 3. The third-order valence-electron chi connectivity index (χ3n) is 3.89. The summed E-state index contributed by atoms with van der Waals surface area (Å²) >= 11 is 0. The number of carboxylic acid groups (broad SMARTS) is 1. The van der Waals surface area contributed by atoms with Crippen molar-refractivity contribution >= 4 is 5.97 Å². The van der Waals surface area contributed by atoms with E-state index in [0.717, 1.165) is 51.6 Å². The minimum atomic E-state index is -0.620. The second-order valence-corrected chi connectivity index (χ2v) is 5.40. The van der Waals surface area contributed by atoms with Gasteiger partial charge < -0.3 is 15.5 Å². The molecule has 0 amide bonds. The lowest BCUT2D eigenvalue weighted by atomic mass is 9.82. The van der Waals surface area contributed by atoms with Crippen LogP contribution in [-0.2, 0) is 4.79 Å². The molecule has 0 aromatic carbocycles. The van der Waals surface area contributed by atoms with Crippen molar-refractivity contribution in [1.29, 1.82) is 0 Å². The van der Waals surface area contributed by atoms with Crippen LogP contribution in [0, 0.1) is 11.8 Å². The number of unbranched alkanes of at least 4 members (excludes halogenated alkanes) is 3. The van der Waals surface area contributed by atoms with Crippen LogP contribution in [0.3, 0.4) is 0 Å². The molecule has 4 nitrogen and oxygen atoms in total. The number of rotatable bonds is 9. The molecule has 0 bridgehead atoms. The van der Waals surface area contributed by atoms with E-state index in [0.29, 0.717) is 12.5 Å². The second-order valence-electron chi connectivity index (χ2n) is 5.40. The van der Waals surface area contributed by atoms with Gasteiger partial charge in [0, 0.05) is 6.61 Å². The lowest BCUT2D eigenvalue weighted by Crippen LogP contribution is -2.29. The van der Waals surface area contributed by atoms with Crippen molar-refractivity contribution < 1.29 is 15.0 Å². The SMILES string of the molecule is O=C(O)C1CCC(CNCCCCCCO)CC1. The summed E-state index contributed by atoms with van der Waals surface area (Å²) < 4.78 is 0. The highest BCUT2D eigenvalue weighted by Gasteiger charge is 2.25. The molecule has 1 aliphatic rings. The molecule has 0 aromatic rings. The highest BCUT2D eigenvalue weighted by atomic mass is 16.4. The molecule has 0 aromatic heterocycles. The Morgan fingerprint density at radius 2 is 1.72 bits per heavy atom. The lowest BCUT2D eigenvalue weighted by molar-refractivity contribution is -0.143. The lowest BCUT2D eigenvalue weighted by Gasteiger charge is -2.26. The topological polar surface area (TPSA) is 69.6 Å². The maximum atomic E-state index is 10.8. The van der Waals surface area contributed by atoms with E-state index < -0.39 is 5.97 Å². The molecule has 1 saturated carbocycles. The number of aliphatic carboxylic acids is 1. The molecule has 0 saturated heterocycles. The molecular weight excluding hydrogens is 230 g/mol. The number of aliphatic hydroxyl groups excluding tert-OH is 1. The van der Waals surface area contributed by atoms with Crippen molar-refractivity contribution in [1.82, 2.24) is 5.32 Å². The van der Waals surface area contributed by atoms with E-state index in [4.69, 9.17) is 10.2 Å². The summed E-state index contributed by atoms with van der Waals surface area (Å²) in [6.07, 6.45) is 8.17. The summed E-state index contributed by atoms with van der Waals surface area (Å²) in [5.41, 5.74) is 0. The van der Waals surface area contributed by atoms with E-state index >= 15 is 0 Å². The van der Waals surface area contributed by atoms with Crippen molar-refractivity contribution in [3.05, 3.63) is 0 Å². The Bertz CT molecular complexity index is 225. The van der Waals surface area contributed by atoms with Crippen LogP contribution in [0.1, 0.15) is 51.4 Å². The van der Waals surface area contributed by atoms with Crippen molar-refractivity contribution in [2.24, 2.45) is 11.8 Å². The van der Waals surface area contributed by atoms with Crippen LogP contribution >= 0.6 is 0 Å². The largest absolute Gasteiger partial charge is 0.481 e. The molecule has 0 atom stereocenters. The Balaban J connectivity index is 1.93. The van der Waals surface area contributed by atoms with Crippen molar-refractivity contribution in [2.75, 3.05) is 19.7 Å². The predicted molar refractivity (Wildman–Crippen MR) is 71.5 cm³/mol. The zero-order chi connectivity index (χ0) is 13.2. The average Bonchev–Trinajstić information content (AvgIpc) is 2.38. The summed E-state index contributed by atoms with van der Waals surface area (Å²) in [5, 5.41) is 21.0. The molecule has 0 aliphatic heterocycles. The van der Waals surface area contributed by atoms with E-state index in [1.54, 1.807) is 0 Å². The smallest absolute Gasteiger partial charge is 0.306 e. The van der Waals surface area contributed by atoms with Gasteiger partial charge in [-0.2, -0.15) is 0 Å². The minimum Gasteiger partial charge on any atom is -0.481 e. The van der Waals surface area contributed by atoms with Crippen molar-refractivity contribution in [3.8, 4) is 0 Å². The summed E-state index contributed by atoms with van der Waals surface area (Å²) in [7, 11) is 0. The Labute approximate surface area is 110 Å². The van der Waals surface area contributed by atoms with E-state index in [2.05, 4.69) is 5.32 Å². The van der Waals surface area contributed by atoms with Crippen molar-refractivity contribution in [3.63, 3.8) is 0 Å². The number of hydrogen-bond donors (Lipinski definition) is 3. The Kier molecular flexibility index (Phi) is 8.01. The molecule has 1 aliphatic carbocycles. The van der Waals surface area contributed by atoms with E-state index in [9.17, 15) is 4.79 Å². The summed E-state index contributed by atoms with van der Waals surface area (Å²) in [5.74, 6) is -0.0527. The van der Waals surface area contributed by atoms with Crippen LogP contribution in [0.5, 0.6) is 0 Å². The van der Waals surface area contributed by atoms with Gasteiger partial charge in [-0.15, -0.1) is 0 Å². The van der Waals surface area contributed by atoms with Gasteiger partial charge in [-0.25, -0.2) is 0 Å². The molecule has 0 radical (unpaired) electrons. The first-order valence-electron chi connectivity index (χ1n) is 7.28. The first-order valence-corrected chi connectivity index (χ1v) is 7.28. The minimum absolute atomic E-state index is 0.0975. The third-order valence-corrected chi connectivity index (χ3v) is 3.89. The molecule has 0 unspecified atom stereocenters. The summed E-state index contributed by atoms with van der Waals surface area (Å²) in [4.78, 5) is 10.8. The Hall–Kier alpha value is -0.610. The molecule has 4 heteroatoms. The van der Waals surface area contributed by atoms with Gasteiger partial charge in [0.1, 0.15) is 0 Å². The van der Waals surface area contributed by atoms with Gasteiger partial charge in [-0.3, -0.25) is 4.79 Å². The monoisotopic (exact) mass is 257 g/mol. The van der Waals surface area contributed by atoms with Gasteiger partial charge in [-0.05, 0) is 57.5 Å². The molecule has 3 N–H and O–H groups in total. The fraction of sp³-hybridized carbons (Fsp3) is 0.929. The molecule has 18 heavy (non-hydrogen) atoms. The average molecular weight is 257 g/mol. The van der Waals surface area contributed by atoms with Crippen LogP contribution in [0.4, 0.5) is 0 Å². The maximum absolute atomic E-state index is 10.8. The molecule has 0 heterocycles. The zero-order valence-corrected chi connectivity index (χ0v) is 11.2. The molecule has 1 fully saturated rings. The number of carboxylic acids is 1. The van der Waals surface area contributed by atoms with Crippen LogP contribution in [0.25, 0.3) is 0 Å². The number of carbonyl (C=O) groups is 1. The zero-order valence-electron chi connectivity index (χ0n) is 11.2.